The second-order valence-electron chi connectivity index (χ2n) is 10.4. The zero-order valence-corrected chi connectivity index (χ0v) is 20.9. The van der Waals surface area contributed by atoms with E-state index in [1.165, 1.54) is 4.90 Å². The lowest BCUT2D eigenvalue weighted by molar-refractivity contribution is -0.147. The highest BCUT2D eigenvalue weighted by Gasteiger charge is 2.79. The molecule has 3 aliphatic rings. The zero-order chi connectivity index (χ0) is 25.7. The first-order valence-corrected chi connectivity index (χ1v) is 12.7. The minimum Gasteiger partial charge on any atom is -0.396 e. The van der Waals surface area contributed by atoms with Crippen LogP contribution in [0.4, 0.5) is 0 Å². The summed E-state index contributed by atoms with van der Waals surface area (Å²) in [5.41, 5.74) is -0.461. The molecule has 3 N–H and O–H groups in total. The SMILES string of the molecule is CCCNC(=O)[C@@H]1[C@H]2C(=O)N(CCCO)C(C(=O)NCn3nnc4ccccc43)C23CC(C)[C@@]1(C)O3. The average molecular weight is 499 g/mol. The van der Waals surface area contributed by atoms with E-state index < -0.39 is 29.1 Å². The zero-order valence-electron chi connectivity index (χ0n) is 20.9. The van der Waals surface area contributed by atoms with Gasteiger partial charge in [-0.25, -0.2) is 4.68 Å². The van der Waals surface area contributed by atoms with E-state index in [0.29, 0.717) is 24.9 Å². The Labute approximate surface area is 209 Å². The lowest BCUT2D eigenvalue weighted by atomic mass is 9.62. The molecule has 3 unspecified atom stereocenters. The first-order valence-electron chi connectivity index (χ1n) is 12.7. The van der Waals surface area contributed by atoms with Gasteiger partial charge in [0.1, 0.15) is 23.8 Å². The van der Waals surface area contributed by atoms with E-state index in [1.54, 1.807) is 4.68 Å². The van der Waals surface area contributed by atoms with Crippen molar-refractivity contribution >= 4 is 28.8 Å². The maximum Gasteiger partial charge on any atom is 0.247 e. The van der Waals surface area contributed by atoms with Gasteiger partial charge in [-0.1, -0.05) is 31.2 Å². The molecule has 1 spiro atoms. The molecule has 11 heteroatoms. The maximum absolute atomic E-state index is 13.8. The summed E-state index contributed by atoms with van der Waals surface area (Å²) >= 11 is 0. The number of carbonyl (C=O) groups excluding carboxylic acids is 3. The van der Waals surface area contributed by atoms with Crippen LogP contribution in [0.1, 0.15) is 40.0 Å². The van der Waals surface area contributed by atoms with Crippen LogP contribution in [0.15, 0.2) is 24.3 Å². The Morgan fingerprint density at radius 1 is 1.25 bits per heavy atom. The molecular formula is C25H34N6O5. The van der Waals surface area contributed by atoms with E-state index in [0.717, 1.165) is 11.9 Å². The van der Waals surface area contributed by atoms with Crippen LogP contribution in [0.2, 0.25) is 0 Å². The number of hydrogen-bond donors (Lipinski definition) is 3. The van der Waals surface area contributed by atoms with Crippen molar-refractivity contribution in [2.24, 2.45) is 17.8 Å². The third kappa shape index (κ3) is 3.51. The third-order valence-electron chi connectivity index (χ3n) is 8.28. The van der Waals surface area contributed by atoms with Gasteiger partial charge in [-0.3, -0.25) is 14.4 Å². The van der Waals surface area contributed by atoms with Gasteiger partial charge in [0.05, 0.1) is 23.0 Å². The fourth-order valence-electron chi connectivity index (χ4n) is 6.56. The number of amides is 3. The Bertz CT molecular complexity index is 1180. The highest BCUT2D eigenvalue weighted by molar-refractivity contribution is 5.99. The molecule has 0 aliphatic carbocycles. The molecule has 11 nitrogen and oxygen atoms in total. The fourth-order valence-corrected chi connectivity index (χ4v) is 6.56. The minimum absolute atomic E-state index is 0.0220. The summed E-state index contributed by atoms with van der Waals surface area (Å²) in [7, 11) is 0. The van der Waals surface area contributed by atoms with Crippen molar-refractivity contribution in [3.63, 3.8) is 0 Å². The van der Waals surface area contributed by atoms with Crippen molar-refractivity contribution in [2.75, 3.05) is 19.7 Å². The molecule has 3 fully saturated rings. The van der Waals surface area contributed by atoms with Gasteiger partial charge in [-0.2, -0.15) is 0 Å². The smallest absolute Gasteiger partial charge is 0.247 e. The van der Waals surface area contributed by atoms with Gasteiger partial charge in [0.15, 0.2) is 0 Å². The third-order valence-corrected chi connectivity index (χ3v) is 8.28. The molecule has 2 aromatic rings. The number of aromatic nitrogens is 3. The second kappa shape index (κ2) is 9.11. The molecule has 2 bridgehead atoms. The number of likely N-dealkylation sites (tertiary alicyclic amines) is 1. The molecule has 194 valence electrons. The Morgan fingerprint density at radius 2 is 2.03 bits per heavy atom. The summed E-state index contributed by atoms with van der Waals surface area (Å²) in [6.45, 7) is 6.56. The standard InChI is InChI=1S/C25H34N6O5/c1-4-10-26-21(33)18-19-23(35)30(11-7-12-32)20(25(19)13-15(2)24(18,3)36-25)22(34)27-14-31-17-9-6-5-8-16(17)28-29-31/h5-6,8-9,15,18-20,32H,4,7,10-14H2,1-3H3,(H,26,33)(H,27,34)/t15?,18-,19-,20?,24+,25?/m0/s1. The van der Waals surface area contributed by atoms with Crippen molar-refractivity contribution in [1.29, 1.82) is 0 Å². The van der Waals surface area contributed by atoms with Crippen LogP contribution in [0.25, 0.3) is 11.0 Å². The first-order chi connectivity index (χ1) is 17.3. The Kier molecular flexibility index (Phi) is 6.24. The van der Waals surface area contributed by atoms with Gasteiger partial charge in [0.25, 0.3) is 0 Å². The molecule has 1 aromatic heterocycles. The Morgan fingerprint density at radius 3 is 2.78 bits per heavy atom. The summed E-state index contributed by atoms with van der Waals surface area (Å²) in [6, 6.07) is 6.53. The van der Waals surface area contributed by atoms with Crippen LogP contribution >= 0.6 is 0 Å². The van der Waals surface area contributed by atoms with E-state index >= 15 is 0 Å². The number of hydrogen-bond acceptors (Lipinski definition) is 7. The minimum atomic E-state index is -1.11. The van der Waals surface area contributed by atoms with Crippen molar-refractivity contribution in [2.45, 2.75) is 63.9 Å². The van der Waals surface area contributed by atoms with Gasteiger partial charge in [0, 0.05) is 19.7 Å². The largest absolute Gasteiger partial charge is 0.396 e. The van der Waals surface area contributed by atoms with E-state index in [9.17, 15) is 19.5 Å². The highest BCUT2D eigenvalue weighted by Crippen LogP contribution is 2.65. The van der Waals surface area contributed by atoms with Gasteiger partial charge in [-0.05, 0) is 44.2 Å². The van der Waals surface area contributed by atoms with E-state index in [1.807, 2.05) is 45.0 Å². The average Bonchev–Trinajstić information content (AvgIpc) is 3.53. The number of rotatable bonds is 9. The normalized spacial score (nSPS) is 32.8. The van der Waals surface area contributed by atoms with Crippen LogP contribution < -0.4 is 10.6 Å². The Balaban J connectivity index is 1.46. The number of fused-ring (bicyclic) bond motifs is 2. The van der Waals surface area contributed by atoms with Gasteiger partial charge in [-0.15, -0.1) is 5.10 Å². The predicted molar refractivity (Wildman–Crippen MR) is 129 cm³/mol. The molecule has 3 saturated heterocycles. The van der Waals surface area contributed by atoms with Crippen LogP contribution in [-0.2, 0) is 25.8 Å². The van der Waals surface area contributed by atoms with Crippen LogP contribution in [0.5, 0.6) is 0 Å². The first kappa shape index (κ1) is 24.6. The molecule has 3 aliphatic heterocycles. The van der Waals surface area contributed by atoms with E-state index in [-0.39, 0.29) is 43.5 Å². The lowest BCUT2D eigenvalue weighted by Gasteiger charge is -2.36. The quantitative estimate of drug-likeness (QED) is 0.456. The van der Waals surface area contributed by atoms with Crippen LogP contribution in [0.3, 0.4) is 0 Å². The van der Waals surface area contributed by atoms with Gasteiger partial charge < -0.3 is 25.4 Å². The number of benzene rings is 1. The van der Waals surface area contributed by atoms with E-state index in [2.05, 4.69) is 20.9 Å². The summed E-state index contributed by atoms with van der Waals surface area (Å²) in [5.74, 6) is -2.29. The molecule has 0 radical (unpaired) electrons. The monoisotopic (exact) mass is 498 g/mol. The predicted octanol–water partition coefficient (Wildman–Crippen LogP) is 0.424. The molecule has 4 heterocycles. The van der Waals surface area contributed by atoms with Crippen LogP contribution in [0, 0.1) is 17.8 Å². The highest BCUT2D eigenvalue weighted by atomic mass is 16.5. The molecule has 3 amide bonds. The second-order valence-corrected chi connectivity index (χ2v) is 10.4. The summed E-state index contributed by atoms with van der Waals surface area (Å²) in [6.07, 6.45) is 1.60. The van der Waals surface area contributed by atoms with Gasteiger partial charge in [0.2, 0.25) is 17.7 Å². The summed E-state index contributed by atoms with van der Waals surface area (Å²) < 4.78 is 8.23. The van der Waals surface area contributed by atoms with Crippen molar-refractivity contribution in [3.05, 3.63) is 24.3 Å². The Hall–Kier alpha value is -3.05. The molecular weight excluding hydrogens is 464 g/mol. The van der Waals surface area contributed by atoms with Crippen molar-refractivity contribution in [1.82, 2.24) is 30.5 Å². The molecule has 1 aromatic carbocycles. The molecule has 36 heavy (non-hydrogen) atoms. The van der Waals surface area contributed by atoms with Crippen molar-refractivity contribution < 1.29 is 24.2 Å². The molecule has 5 rings (SSSR count). The molecule has 0 saturated carbocycles. The van der Waals surface area contributed by atoms with Crippen molar-refractivity contribution in [3.8, 4) is 0 Å². The number of para-hydroxylation sites is 1. The number of nitrogens with zero attached hydrogens (tertiary/aromatic N) is 4. The number of aliphatic hydroxyl groups excluding tert-OH is 1. The summed E-state index contributed by atoms with van der Waals surface area (Å²) in [4.78, 5) is 42.4. The topological polar surface area (TPSA) is 139 Å². The van der Waals surface area contributed by atoms with Gasteiger partial charge >= 0.3 is 0 Å². The number of aliphatic hydroxyl groups is 1. The number of nitrogens with one attached hydrogen (secondary N) is 2. The summed E-state index contributed by atoms with van der Waals surface area (Å²) in [5, 5.41) is 23.6. The van der Waals surface area contributed by atoms with E-state index in [4.69, 9.17) is 4.74 Å². The number of ether oxygens (including phenoxy) is 1. The fraction of sp³-hybridized carbons (Fsp3) is 0.640. The lowest BCUT2D eigenvalue weighted by Crippen LogP contribution is -2.56. The molecule has 6 atom stereocenters. The number of carbonyl (C=O) groups is 3. The van der Waals surface area contributed by atoms with Crippen LogP contribution in [-0.4, -0.2) is 79.7 Å². The maximum atomic E-state index is 13.8.